The summed E-state index contributed by atoms with van der Waals surface area (Å²) in [6.07, 6.45) is 0.192. The molecule has 1 unspecified atom stereocenters. The first-order valence-electron chi connectivity index (χ1n) is 5.86. The number of benzene rings is 1. The van der Waals surface area contributed by atoms with Crippen LogP contribution in [0.2, 0.25) is 0 Å². The van der Waals surface area contributed by atoms with E-state index in [2.05, 4.69) is 0 Å². The van der Waals surface area contributed by atoms with Crippen LogP contribution in [0.4, 0.5) is 5.69 Å². The van der Waals surface area contributed by atoms with E-state index in [4.69, 9.17) is 9.47 Å². The third-order valence-electron chi connectivity index (χ3n) is 3.07. The van der Waals surface area contributed by atoms with E-state index in [9.17, 15) is 9.90 Å². The van der Waals surface area contributed by atoms with Crippen LogP contribution in [-0.2, 0) is 4.79 Å². The molecular weight excluding hydrogens is 234 g/mol. The summed E-state index contributed by atoms with van der Waals surface area (Å²) in [5.74, 6) is 1.20. The van der Waals surface area contributed by atoms with Gasteiger partial charge in [0, 0.05) is 12.6 Å². The van der Waals surface area contributed by atoms with Gasteiger partial charge in [0.2, 0.25) is 5.91 Å². The number of carbonyl (C=O) groups excluding carboxylic acids is 1. The number of anilines is 1. The Morgan fingerprint density at radius 2 is 2.11 bits per heavy atom. The molecule has 0 spiro atoms. The van der Waals surface area contributed by atoms with Gasteiger partial charge >= 0.3 is 0 Å². The van der Waals surface area contributed by atoms with Crippen molar-refractivity contribution in [2.75, 3.05) is 25.7 Å². The van der Waals surface area contributed by atoms with Crippen molar-refractivity contribution in [2.24, 2.45) is 0 Å². The van der Waals surface area contributed by atoms with Crippen LogP contribution in [0.1, 0.15) is 12.8 Å². The summed E-state index contributed by atoms with van der Waals surface area (Å²) in [4.78, 5) is 13.6. The second-order valence-corrected chi connectivity index (χ2v) is 4.23. The SMILES string of the molecule is COc1ccc(OC)c(N2CCC(O)CC2=O)c1. The van der Waals surface area contributed by atoms with Crippen molar-refractivity contribution in [3.05, 3.63) is 18.2 Å². The van der Waals surface area contributed by atoms with Crippen LogP contribution in [-0.4, -0.2) is 37.9 Å². The average Bonchev–Trinajstić information content (AvgIpc) is 2.38. The highest BCUT2D eigenvalue weighted by Crippen LogP contribution is 2.34. The molecule has 1 N–H and O–H groups in total. The second kappa shape index (κ2) is 5.27. The van der Waals surface area contributed by atoms with Gasteiger partial charge in [-0.2, -0.15) is 0 Å². The molecule has 1 aliphatic heterocycles. The third kappa shape index (κ3) is 2.41. The number of aliphatic hydroxyl groups is 1. The molecule has 0 bridgehead atoms. The zero-order valence-electron chi connectivity index (χ0n) is 10.5. The molecule has 18 heavy (non-hydrogen) atoms. The number of aliphatic hydroxyl groups excluding tert-OH is 1. The van der Waals surface area contributed by atoms with E-state index in [1.807, 2.05) is 0 Å². The third-order valence-corrected chi connectivity index (χ3v) is 3.07. The Morgan fingerprint density at radius 1 is 1.33 bits per heavy atom. The highest BCUT2D eigenvalue weighted by molar-refractivity contribution is 5.96. The fourth-order valence-corrected chi connectivity index (χ4v) is 2.08. The van der Waals surface area contributed by atoms with Crippen LogP contribution in [0, 0.1) is 0 Å². The molecule has 1 atom stereocenters. The largest absolute Gasteiger partial charge is 0.497 e. The molecule has 1 amide bonds. The maximum atomic E-state index is 11.9. The quantitative estimate of drug-likeness (QED) is 0.876. The number of methoxy groups -OCH3 is 2. The lowest BCUT2D eigenvalue weighted by Crippen LogP contribution is -2.40. The number of rotatable bonds is 3. The molecule has 1 fully saturated rings. The maximum absolute atomic E-state index is 11.9. The normalized spacial score (nSPS) is 19.8. The van der Waals surface area contributed by atoms with E-state index in [0.29, 0.717) is 30.2 Å². The van der Waals surface area contributed by atoms with E-state index in [0.717, 1.165) is 0 Å². The molecule has 0 aliphatic carbocycles. The van der Waals surface area contributed by atoms with Gasteiger partial charge in [-0.1, -0.05) is 0 Å². The van der Waals surface area contributed by atoms with Gasteiger partial charge in [0.1, 0.15) is 11.5 Å². The van der Waals surface area contributed by atoms with Crippen LogP contribution in [0.5, 0.6) is 11.5 Å². The fraction of sp³-hybridized carbons (Fsp3) is 0.462. The fourth-order valence-electron chi connectivity index (χ4n) is 2.08. The lowest BCUT2D eigenvalue weighted by atomic mass is 10.1. The number of nitrogens with zero attached hydrogens (tertiary/aromatic N) is 1. The highest BCUT2D eigenvalue weighted by atomic mass is 16.5. The molecule has 1 aromatic carbocycles. The van der Waals surface area contributed by atoms with E-state index >= 15 is 0 Å². The van der Waals surface area contributed by atoms with Gasteiger partial charge in [-0.3, -0.25) is 4.79 Å². The van der Waals surface area contributed by atoms with Gasteiger partial charge in [0.25, 0.3) is 0 Å². The van der Waals surface area contributed by atoms with Gasteiger partial charge < -0.3 is 19.5 Å². The lowest BCUT2D eigenvalue weighted by molar-refractivity contribution is -0.122. The Morgan fingerprint density at radius 3 is 2.72 bits per heavy atom. The number of ether oxygens (including phenoxy) is 2. The van der Waals surface area contributed by atoms with Crippen molar-refractivity contribution >= 4 is 11.6 Å². The maximum Gasteiger partial charge on any atom is 0.229 e. The standard InChI is InChI=1S/C13H17NO4/c1-17-10-3-4-12(18-2)11(8-10)14-6-5-9(15)7-13(14)16/h3-4,8-9,15H,5-7H2,1-2H3. The summed E-state index contributed by atoms with van der Waals surface area (Å²) < 4.78 is 10.4. The summed E-state index contributed by atoms with van der Waals surface area (Å²) >= 11 is 0. The predicted molar refractivity (Wildman–Crippen MR) is 67.1 cm³/mol. The Balaban J connectivity index is 2.33. The van der Waals surface area contributed by atoms with E-state index in [1.165, 1.54) is 0 Å². The van der Waals surface area contributed by atoms with Crippen molar-refractivity contribution in [1.82, 2.24) is 0 Å². The van der Waals surface area contributed by atoms with Gasteiger partial charge in [-0.25, -0.2) is 0 Å². The number of amides is 1. The number of hydrogen-bond donors (Lipinski definition) is 1. The topological polar surface area (TPSA) is 59.0 Å². The van der Waals surface area contributed by atoms with Crippen LogP contribution in [0.3, 0.4) is 0 Å². The molecular formula is C13H17NO4. The number of hydrogen-bond acceptors (Lipinski definition) is 4. The monoisotopic (exact) mass is 251 g/mol. The molecule has 5 heteroatoms. The first kappa shape index (κ1) is 12.7. The van der Waals surface area contributed by atoms with E-state index < -0.39 is 6.10 Å². The minimum atomic E-state index is -0.537. The van der Waals surface area contributed by atoms with Crippen molar-refractivity contribution in [3.8, 4) is 11.5 Å². The minimum absolute atomic E-state index is 0.0969. The van der Waals surface area contributed by atoms with Crippen molar-refractivity contribution < 1.29 is 19.4 Å². The molecule has 2 rings (SSSR count). The smallest absolute Gasteiger partial charge is 0.229 e. The molecule has 0 radical (unpaired) electrons. The summed E-state index contributed by atoms with van der Waals surface area (Å²) in [5.41, 5.74) is 0.689. The molecule has 1 heterocycles. The first-order valence-corrected chi connectivity index (χ1v) is 5.86. The van der Waals surface area contributed by atoms with Crippen LogP contribution >= 0.6 is 0 Å². The van der Waals surface area contributed by atoms with Crippen LogP contribution < -0.4 is 14.4 Å². The highest BCUT2D eigenvalue weighted by Gasteiger charge is 2.27. The summed E-state index contributed by atoms with van der Waals surface area (Å²) in [6, 6.07) is 5.33. The Hall–Kier alpha value is -1.75. The van der Waals surface area contributed by atoms with Crippen molar-refractivity contribution in [3.63, 3.8) is 0 Å². The van der Waals surface area contributed by atoms with Crippen molar-refractivity contribution in [1.29, 1.82) is 0 Å². The van der Waals surface area contributed by atoms with Gasteiger partial charge in [0.15, 0.2) is 0 Å². The predicted octanol–water partition coefficient (Wildman–Crippen LogP) is 1.19. The zero-order chi connectivity index (χ0) is 13.1. The zero-order valence-corrected chi connectivity index (χ0v) is 10.5. The molecule has 5 nitrogen and oxygen atoms in total. The lowest BCUT2D eigenvalue weighted by Gasteiger charge is -2.30. The van der Waals surface area contributed by atoms with Gasteiger partial charge in [0.05, 0.1) is 32.4 Å². The Labute approximate surface area is 106 Å². The van der Waals surface area contributed by atoms with Crippen molar-refractivity contribution in [2.45, 2.75) is 18.9 Å². The molecule has 0 aromatic heterocycles. The molecule has 98 valence electrons. The Bertz CT molecular complexity index is 447. The van der Waals surface area contributed by atoms with Crippen LogP contribution in [0.25, 0.3) is 0 Å². The molecule has 1 aromatic rings. The number of piperidine rings is 1. The summed E-state index contributed by atoms with van der Waals surface area (Å²) in [7, 11) is 3.14. The Kier molecular flexibility index (Phi) is 3.72. The number of carbonyl (C=O) groups is 1. The van der Waals surface area contributed by atoms with Gasteiger partial charge in [-0.15, -0.1) is 0 Å². The van der Waals surface area contributed by atoms with E-state index in [1.54, 1.807) is 37.3 Å². The molecule has 0 saturated carbocycles. The molecule has 1 saturated heterocycles. The average molecular weight is 251 g/mol. The van der Waals surface area contributed by atoms with E-state index in [-0.39, 0.29) is 12.3 Å². The van der Waals surface area contributed by atoms with Crippen LogP contribution in [0.15, 0.2) is 18.2 Å². The first-order chi connectivity index (χ1) is 8.65. The molecule has 1 aliphatic rings. The second-order valence-electron chi connectivity index (χ2n) is 4.23. The summed E-state index contributed by atoms with van der Waals surface area (Å²) in [6.45, 7) is 0.490. The van der Waals surface area contributed by atoms with Gasteiger partial charge in [-0.05, 0) is 18.6 Å². The minimum Gasteiger partial charge on any atom is -0.497 e. The summed E-state index contributed by atoms with van der Waals surface area (Å²) in [5, 5.41) is 9.47.